The first-order valence-corrected chi connectivity index (χ1v) is 5.25. The molecule has 1 aromatic heterocycles. The Kier molecular flexibility index (Phi) is 2.86. The Morgan fingerprint density at radius 1 is 1.40 bits per heavy atom. The van der Waals surface area contributed by atoms with Gasteiger partial charge in [-0.1, -0.05) is 13.0 Å². The highest BCUT2D eigenvalue weighted by atomic mass is 16.3. The summed E-state index contributed by atoms with van der Waals surface area (Å²) in [4.78, 5) is 10.7. The molecule has 2 aromatic rings. The van der Waals surface area contributed by atoms with Crippen LogP contribution in [0, 0.1) is 5.92 Å². The standard InChI is InChI=1S/C13H14O2/c1-2-10(9-14)7-11-3-4-13-12(8-11)5-6-15-13/h3-6,8-10H,2,7H2,1H3. The molecule has 1 unspecified atom stereocenters. The molecule has 0 aliphatic heterocycles. The molecule has 15 heavy (non-hydrogen) atoms. The molecular weight excluding hydrogens is 188 g/mol. The van der Waals surface area contributed by atoms with Crippen LogP contribution in [0.15, 0.2) is 34.9 Å². The fourth-order valence-corrected chi connectivity index (χ4v) is 1.73. The molecule has 0 amide bonds. The van der Waals surface area contributed by atoms with Gasteiger partial charge in [-0.05, 0) is 36.6 Å². The average molecular weight is 202 g/mol. The molecule has 0 aliphatic carbocycles. The highest BCUT2D eigenvalue weighted by Gasteiger charge is 2.06. The summed E-state index contributed by atoms with van der Waals surface area (Å²) in [6.07, 6.45) is 4.44. The summed E-state index contributed by atoms with van der Waals surface area (Å²) < 4.78 is 5.26. The smallest absolute Gasteiger partial charge is 0.133 e. The topological polar surface area (TPSA) is 30.2 Å². The quantitative estimate of drug-likeness (QED) is 0.713. The third-order valence-corrected chi connectivity index (χ3v) is 2.73. The number of hydrogen-bond acceptors (Lipinski definition) is 2. The van der Waals surface area contributed by atoms with Gasteiger partial charge in [-0.3, -0.25) is 0 Å². The molecule has 0 N–H and O–H groups in total. The summed E-state index contributed by atoms with van der Waals surface area (Å²) in [5.41, 5.74) is 2.10. The molecule has 0 aliphatic rings. The lowest BCUT2D eigenvalue weighted by Gasteiger charge is -2.06. The number of carbonyl (C=O) groups is 1. The molecule has 2 rings (SSSR count). The number of aldehydes is 1. The third kappa shape index (κ3) is 2.09. The molecule has 0 spiro atoms. The van der Waals surface area contributed by atoms with Gasteiger partial charge in [0, 0.05) is 11.3 Å². The van der Waals surface area contributed by atoms with Gasteiger partial charge in [0.05, 0.1) is 6.26 Å². The molecule has 0 bridgehead atoms. The first-order valence-electron chi connectivity index (χ1n) is 5.25. The zero-order valence-electron chi connectivity index (χ0n) is 8.77. The Bertz CT molecular complexity index is 456. The van der Waals surface area contributed by atoms with Crippen molar-refractivity contribution in [3.8, 4) is 0 Å². The lowest BCUT2D eigenvalue weighted by Crippen LogP contribution is -2.04. The van der Waals surface area contributed by atoms with E-state index in [1.165, 1.54) is 5.56 Å². The van der Waals surface area contributed by atoms with E-state index in [1.807, 2.05) is 25.1 Å². The zero-order chi connectivity index (χ0) is 10.7. The number of benzene rings is 1. The molecule has 1 heterocycles. The Morgan fingerprint density at radius 3 is 3.00 bits per heavy atom. The second kappa shape index (κ2) is 4.30. The molecule has 0 fully saturated rings. The fourth-order valence-electron chi connectivity index (χ4n) is 1.73. The lowest BCUT2D eigenvalue weighted by atomic mass is 9.98. The minimum atomic E-state index is 0.134. The van der Waals surface area contributed by atoms with Crippen molar-refractivity contribution in [3.63, 3.8) is 0 Å². The van der Waals surface area contributed by atoms with E-state index in [2.05, 4.69) is 6.07 Å². The summed E-state index contributed by atoms with van der Waals surface area (Å²) in [7, 11) is 0. The molecular formula is C13H14O2. The van der Waals surface area contributed by atoms with Crippen LogP contribution in [0.1, 0.15) is 18.9 Å². The van der Waals surface area contributed by atoms with Gasteiger partial charge >= 0.3 is 0 Å². The minimum Gasteiger partial charge on any atom is -0.464 e. The predicted molar refractivity (Wildman–Crippen MR) is 59.8 cm³/mol. The molecule has 0 saturated heterocycles. The van der Waals surface area contributed by atoms with Crippen LogP contribution in [-0.4, -0.2) is 6.29 Å². The molecule has 0 radical (unpaired) electrons. The second-order valence-electron chi connectivity index (χ2n) is 3.80. The first kappa shape index (κ1) is 9.97. The summed E-state index contributed by atoms with van der Waals surface area (Å²) >= 11 is 0. The van der Waals surface area contributed by atoms with Gasteiger partial charge in [0.25, 0.3) is 0 Å². The van der Waals surface area contributed by atoms with Gasteiger partial charge in [-0.15, -0.1) is 0 Å². The van der Waals surface area contributed by atoms with Crippen molar-refractivity contribution >= 4 is 17.3 Å². The lowest BCUT2D eigenvalue weighted by molar-refractivity contribution is -0.111. The molecule has 1 atom stereocenters. The van der Waals surface area contributed by atoms with E-state index >= 15 is 0 Å². The minimum absolute atomic E-state index is 0.134. The van der Waals surface area contributed by atoms with Crippen LogP contribution in [0.5, 0.6) is 0 Å². The zero-order valence-corrected chi connectivity index (χ0v) is 8.77. The molecule has 78 valence electrons. The number of hydrogen-bond donors (Lipinski definition) is 0. The fraction of sp³-hybridized carbons (Fsp3) is 0.308. The van der Waals surface area contributed by atoms with Crippen LogP contribution >= 0.6 is 0 Å². The maximum atomic E-state index is 10.7. The highest BCUT2D eigenvalue weighted by Crippen LogP contribution is 2.19. The van der Waals surface area contributed by atoms with Crippen molar-refractivity contribution in [1.82, 2.24) is 0 Å². The number of carbonyl (C=O) groups excluding carboxylic acids is 1. The van der Waals surface area contributed by atoms with E-state index in [-0.39, 0.29) is 5.92 Å². The van der Waals surface area contributed by atoms with E-state index < -0.39 is 0 Å². The van der Waals surface area contributed by atoms with E-state index in [9.17, 15) is 4.79 Å². The largest absolute Gasteiger partial charge is 0.464 e. The van der Waals surface area contributed by atoms with Gasteiger partial charge in [-0.25, -0.2) is 0 Å². The van der Waals surface area contributed by atoms with Crippen LogP contribution in [-0.2, 0) is 11.2 Å². The van der Waals surface area contributed by atoms with Gasteiger partial charge in [0.1, 0.15) is 11.9 Å². The van der Waals surface area contributed by atoms with Crippen molar-refractivity contribution in [3.05, 3.63) is 36.1 Å². The SMILES string of the molecule is CCC(C=O)Cc1ccc2occc2c1. The second-order valence-corrected chi connectivity index (χ2v) is 3.80. The summed E-state index contributed by atoms with van der Waals surface area (Å²) in [5, 5.41) is 1.10. The van der Waals surface area contributed by atoms with Crippen molar-refractivity contribution in [2.24, 2.45) is 5.92 Å². The van der Waals surface area contributed by atoms with Crippen molar-refractivity contribution in [1.29, 1.82) is 0 Å². The van der Waals surface area contributed by atoms with Gasteiger partial charge in [0.2, 0.25) is 0 Å². The normalized spacial score (nSPS) is 12.9. The third-order valence-electron chi connectivity index (χ3n) is 2.73. The Labute approximate surface area is 88.9 Å². The maximum Gasteiger partial charge on any atom is 0.133 e. The predicted octanol–water partition coefficient (Wildman–Crippen LogP) is 3.20. The number of furan rings is 1. The van der Waals surface area contributed by atoms with Gasteiger partial charge in [-0.2, -0.15) is 0 Å². The van der Waals surface area contributed by atoms with Gasteiger partial charge < -0.3 is 9.21 Å². The summed E-state index contributed by atoms with van der Waals surface area (Å²) in [6.45, 7) is 2.04. The summed E-state index contributed by atoms with van der Waals surface area (Å²) in [5.74, 6) is 0.134. The summed E-state index contributed by atoms with van der Waals surface area (Å²) in [6, 6.07) is 8.02. The maximum absolute atomic E-state index is 10.7. The van der Waals surface area contributed by atoms with Crippen LogP contribution < -0.4 is 0 Å². The van der Waals surface area contributed by atoms with E-state index in [1.54, 1.807) is 6.26 Å². The van der Waals surface area contributed by atoms with E-state index in [0.29, 0.717) is 0 Å². The van der Waals surface area contributed by atoms with Crippen LogP contribution in [0.3, 0.4) is 0 Å². The number of fused-ring (bicyclic) bond motifs is 1. The molecule has 1 aromatic carbocycles. The van der Waals surface area contributed by atoms with Crippen LogP contribution in [0.2, 0.25) is 0 Å². The van der Waals surface area contributed by atoms with Crippen molar-refractivity contribution in [2.75, 3.05) is 0 Å². The molecule has 2 nitrogen and oxygen atoms in total. The monoisotopic (exact) mass is 202 g/mol. The van der Waals surface area contributed by atoms with Crippen molar-refractivity contribution in [2.45, 2.75) is 19.8 Å². The van der Waals surface area contributed by atoms with Crippen LogP contribution in [0.25, 0.3) is 11.0 Å². The van der Waals surface area contributed by atoms with E-state index in [4.69, 9.17) is 4.42 Å². The average Bonchev–Trinajstić information content (AvgIpc) is 2.73. The molecule has 0 saturated carbocycles. The Balaban J connectivity index is 2.24. The van der Waals surface area contributed by atoms with E-state index in [0.717, 1.165) is 30.1 Å². The number of rotatable bonds is 4. The van der Waals surface area contributed by atoms with Gasteiger partial charge in [0.15, 0.2) is 0 Å². The Hall–Kier alpha value is -1.57. The Morgan fingerprint density at radius 2 is 2.27 bits per heavy atom. The van der Waals surface area contributed by atoms with Crippen LogP contribution in [0.4, 0.5) is 0 Å². The first-order chi connectivity index (χ1) is 7.33. The molecule has 2 heteroatoms. The highest BCUT2D eigenvalue weighted by molar-refractivity contribution is 5.77. The van der Waals surface area contributed by atoms with Crippen molar-refractivity contribution < 1.29 is 9.21 Å².